The van der Waals surface area contributed by atoms with Gasteiger partial charge in [-0.2, -0.15) is 0 Å². The molecule has 2 aromatic carbocycles. The van der Waals surface area contributed by atoms with Crippen molar-refractivity contribution in [3.63, 3.8) is 0 Å². The van der Waals surface area contributed by atoms with Crippen LogP contribution in [0.5, 0.6) is 0 Å². The Balaban J connectivity index is 0.00000122. The molecule has 0 amide bonds. The van der Waals surface area contributed by atoms with E-state index in [0.717, 1.165) is 24.1 Å². The van der Waals surface area contributed by atoms with Gasteiger partial charge >= 0.3 is 5.97 Å². The molecule has 1 fully saturated rings. The highest BCUT2D eigenvalue weighted by molar-refractivity contribution is 5.89. The Morgan fingerprint density at radius 2 is 1.91 bits per heavy atom. The molecule has 33 heavy (non-hydrogen) atoms. The van der Waals surface area contributed by atoms with Crippen LogP contribution in [-0.4, -0.2) is 47.7 Å². The van der Waals surface area contributed by atoms with Gasteiger partial charge in [-0.15, -0.1) is 6.58 Å². The van der Waals surface area contributed by atoms with Crippen molar-refractivity contribution in [3.8, 4) is 11.1 Å². The minimum atomic E-state index is -0.802. The maximum absolute atomic E-state index is 11.3. The Kier molecular flexibility index (Phi) is 10.8. The number of hydrogen-bond acceptors (Lipinski definition) is 4. The third-order valence-electron chi connectivity index (χ3n) is 5.07. The van der Waals surface area contributed by atoms with Crippen LogP contribution in [0.1, 0.15) is 32.3 Å². The first-order valence-electron chi connectivity index (χ1n) is 11.0. The largest absolute Gasteiger partial charge is 0.492 e. The number of amidine groups is 1. The van der Waals surface area contributed by atoms with Gasteiger partial charge < -0.3 is 9.84 Å². The average Bonchev–Trinajstić information content (AvgIpc) is 3.30. The Labute approximate surface area is 196 Å². The maximum atomic E-state index is 11.3. The van der Waals surface area contributed by atoms with Gasteiger partial charge in [0, 0.05) is 0 Å². The molecular weight excluding hydrogens is 414 g/mol. The van der Waals surface area contributed by atoms with Crippen LogP contribution in [0.4, 0.5) is 0 Å². The molecule has 1 heterocycles. The number of carbonyl (C=O) groups is 1. The number of nitrogens with zero attached hydrogens (tertiary/aromatic N) is 3. The molecule has 0 bridgehead atoms. The zero-order valence-electron chi connectivity index (χ0n) is 19.5. The molecule has 174 valence electrons. The van der Waals surface area contributed by atoms with E-state index in [0.29, 0.717) is 31.2 Å². The number of allylic oxidation sites excluding steroid dienone is 2. The molecular formula is C27H33N3O3. The van der Waals surface area contributed by atoms with E-state index < -0.39 is 12.0 Å². The van der Waals surface area contributed by atoms with E-state index in [1.54, 1.807) is 12.3 Å². The number of hydrogen-bond donors (Lipinski definition) is 1. The van der Waals surface area contributed by atoms with Crippen molar-refractivity contribution < 1.29 is 14.6 Å². The van der Waals surface area contributed by atoms with Crippen LogP contribution in [-0.2, 0) is 16.1 Å². The van der Waals surface area contributed by atoms with Crippen LogP contribution in [0.15, 0.2) is 89.2 Å². The lowest BCUT2D eigenvalue weighted by Crippen LogP contribution is -2.38. The van der Waals surface area contributed by atoms with Gasteiger partial charge in [0.05, 0.1) is 12.7 Å². The van der Waals surface area contributed by atoms with Crippen molar-refractivity contribution in [1.82, 2.24) is 4.90 Å². The van der Waals surface area contributed by atoms with Crippen molar-refractivity contribution in [3.05, 3.63) is 84.8 Å². The Hall–Kier alpha value is -3.51. The molecule has 0 aliphatic carbocycles. The number of ether oxygens (including phenoxy) is 1. The molecule has 1 unspecified atom stereocenters. The molecule has 6 nitrogen and oxygen atoms in total. The van der Waals surface area contributed by atoms with Crippen LogP contribution < -0.4 is 0 Å². The summed E-state index contributed by atoms with van der Waals surface area (Å²) in [4.78, 5) is 21.5. The number of aliphatic imine (C=N–C) groups is 2. The second-order valence-corrected chi connectivity index (χ2v) is 7.67. The molecule has 6 heteroatoms. The quantitative estimate of drug-likeness (QED) is 0.248. The molecule has 0 radical (unpaired) electrons. The standard InChI is InChI=1S/C24H27N3O3.C3H6/c1-18(15-26-23(25-2)16-27-13-7-12-22(27)24(28)29)30-17-19-8-6-11-21(14-19)20-9-4-3-5-10-20;1-3-2/h3-6,8-11,14-15,22H,2,7,12-13,16-17H2,1H3,(H,28,29);3H,1H2,2H3/b18-15+,26-23?;. The first kappa shape index (κ1) is 25.7. The zero-order chi connectivity index (χ0) is 24.1. The number of benzene rings is 2. The fourth-order valence-electron chi connectivity index (χ4n) is 3.48. The van der Waals surface area contributed by atoms with E-state index in [9.17, 15) is 9.90 Å². The van der Waals surface area contributed by atoms with E-state index in [-0.39, 0.29) is 0 Å². The zero-order valence-corrected chi connectivity index (χ0v) is 19.5. The molecule has 1 atom stereocenters. The van der Waals surface area contributed by atoms with Crippen molar-refractivity contribution >= 4 is 18.5 Å². The van der Waals surface area contributed by atoms with Gasteiger partial charge in [0.25, 0.3) is 0 Å². The third kappa shape index (κ3) is 8.50. The lowest BCUT2D eigenvalue weighted by molar-refractivity contribution is -0.141. The van der Waals surface area contributed by atoms with Gasteiger partial charge in [0.2, 0.25) is 0 Å². The van der Waals surface area contributed by atoms with Crippen molar-refractivity contribution in [2.75, 3.05) is 13.1 Å². The van der Waals surface area contributed by atoms with Gasteiger partial charge in [-0.3, -0.25) is 9.69 Å². The number of rotatable bonds is 8. The molecule has 1 N–H and O–H groups in total. The number of likely N-dealkylation sites (tertiary alicyclic amines) is 1. The molecule has 1 saturated heterocycles. The summed E-state index contributed by atoms with van der Waals surface area (Å²) in [7, 11) is 0. The summed E-state index contributed by atoms with van der Waals surface area (Å²) in [5.41, 5.74) is 3.38. The van der Waals surface area contributed by atoms with Crippen molar-refractivity contribution in [2.45, 2.75) is 39.3 Å². The van der Waals surface area contributed by atoms with Crippen LogP contribution in [0.3, 0.4) is 0 Å². The van der Waals surface area contributed by atoms with Crippen LogP contribution in [0.2, 0.25) is 0 Å². The fraction of sp³-hybridized carbons (Fsp3) is 0.296. The summed E-state index contributed by atoms with van der Waals surface area (Å²) in [5, 5.41) is 9.30. The van der Waals surface area contributed by atoms with Crippen LogP contribution in [0.25, 0.3) is 11.1 Å². The Bertz CT molecular complexity index is 983. The minimum Gasteiger partial charge on any atom is -0.492 e. The minimum absolute atomic E-state index is 0.364. The van der Waals surface area contributed by atoms with E-state index in [1.807, 2.05) is 49.1 Å². The molecule has 3 rings (SSSR count). The lowest BCUT2D eigenvalue weighted by Gasteiger charge is -2.20. The summed E-state index contributed by atoms with van der Waals surface area (Å²) in [6, 6.07) is 18.0. The molecule has 1 aliphatic heterocycles. The van der Waals surface area contributed by atoms with Gasteiger partial charge in [0.1, 0.15) is 24.2 Å². The Morgan fingerprint density at radius 3 is 2.58 bits per heavy atom. The predicted octanol–water partition coefficient (Wildman–Crippen LogP) is 5.57. The summed E-state index contributed by atoms with van der Waals surface area (Å²) in [6.07, 6.45) is 4.87. The molecule has 0 spiro atoms. The van der Waals surface area contributed by atoms with Crippen LogP contribution in [0, 0.1) is 0 Å². The van der Waals surface area contributed by atoms with Crippen LogP contribution >= 0.6 is 0 Å². The second-order valence-electron chi connectivity index (χ2n) is 7.67. The summed E-state index contributed by atoms with van der Waals surface area (Å²) < 4.78 is 5.83. The Morgan fingerprint density at radius 1 is 1.21 bits per heavy atom. The smallest absolute Gasteiger partial charge is 0.320 e. The lowest BCUT2D eigenvalue weighted by atomic mass is 10.0. The number of carboxylic acid groups (broad SMARTS) is 1. The van der Waals surface area contributed by atoms with Crippen molar-refractivity contribution in [2.24, 2.45) is 9.98 Å². The summed E-state index contributed by atoms with van der Waals surface area (Å²) >= 11 is 0. The highest BCUT2D eigenvalue weighted by Gasteiger charge is 2.30. The number of aliphatic carboxylic acids is 1. The average molecular weight is 448 g/mol. The summed E-state index contributed by atoms with van der Waals surface area (Å²) in [6.45, 7) is 12.2. The monoisotopic (exact) mass is 447 g/mol. The predicted molar refractivity (Wildman–Crippen MR) is 136 cm³/mol. The van der Waals surface area contributed by atoms with Gasteiger partial charge in [0.15, 0.2) is 0 Å². The third-order valence-corrected chi connectivity index (χ3v) is 5.07. The maximum Gasteiger partial charge on any atom is 0.320 e. The van der Waals surface area contributed by atoms with E-state index in [2.05, 4.69) is 47.5 Å². The van der Waals surface area contributed by atoms with E-state index >= 15 is 0 Å². The topological polar surface area (TPSA) is 74.5 Å². The molecule has 0 aromatic heterocycles. The first-order valence-corrected chi connectivity index (χ1v) is 11.0. The fourth-order valence-corrected chi connectivity index (χ4v) is 3.48. The van der Waals surface area contributed by atoms with Gasteiger partial charge in [-0.1, -0.05) is 54.6 Å². The molecule has 2 aromatic rings. The molecule has 1 aliphatic rings. The van der Waals surface area contributed by atoms with Gasteiger partial charge in [-0.25, -0.2) is 9.98 Å². The van der Waals surface area contributed by atoms with Gasteiger partial charge in [-0.05, 0) is 62.7 Å². The van der Waals surface area contributed by atoms with E-state index in [1.165, 1.54) is 5.56 Å². The highest BCUT2D eigenvalue weighted by Crippen LogP contribution is 2.21. The number of carboxylic acids is 1. The highest BCUT2D eigenvalue weighted by atomic mass is 16.5. The molecule has 0 saturated carbocycles. The van der Waals surface area contributed by atoms with Crippen molar-refractivity contribution in [1.29, 1.82) is 0 Å². The first-order chi connectivity index (χ1) is 16.0. The summed E-state index contributed by atoms with van der Waals surface area (Å²) in [5.74, 6) is 0.332. The normalized spacial score (nSPS) is 16.5. The van der Waals surface area contributed by atoms with E-state index in [4.69, 9.17) is 4.74 Å². The second kappa shape index (κ2) is 13.8. The SMILES string of the molecule is C=CC.C=NC(CN1CCCC1C(=O)O)=N/C=C(\C)OCc1cccc(-c2ccccc2)c1.